The van der Waals surface area contributed by atoms with Crippen molar-refractivity contribution in [2.24, 2.45) is 5.92 Å². The summed E-state index contributed by atoms with van der Waals surface area (Å²) in [6.07, 6.45) is 3.41. The molecule has 0 aliphatic rings. The molecule has 164 valence electrons. The van der Waals surface area contributed by atoms with Crippen molar-refractivity contribution in [3.8, 4) is 17.1 Å². The van der Waals surface area contributed by atoms with Crippen molar-refractivity contribution in [2.45, 2.75) is 39.7 Å². The van der Waals surface area contributed by atoms with Crippen molar-refractivity contribution in [2.75, 3.05) is 14.2 Å². The minimum Gasteiger partial charge on any atom is -0.494 e. The summed E-state index contributed by atoms with van der Waals surface area (Å²) in [5, 5.41) is 0. The normalized spacial score (nSPS) is 11.0. The molecule has 1 heterocycles. The third-order valence-electron chi connectivity index (χ3n) is 5.05. The van der Waals surface area contributed by atoms with Crippen LogP contribution in [0.5, 0.6) is 5.75 Å². The number of aryl methyl sites for hydroxylation is 1. The molecule has 0 saturated heterocycles. The van der Waals surface area contributed by atoms with E-state index < -0.39 is 5.82 Å². The number of hydrogen-bond donors (Lipinski definition) is 0. The highest BCUT2D eigenvalue weighted by Gasteiger charge is 2.14. The standard InChI is InChI=1S/C25H29FN2O3/c1-17(2)13-18-5-8-20(9-6-18)23-15-27-24(31-23)11-12-25(29)28(3)16-19-7-10-22(30-4)21(26)14-19/h5-10,14-15,17H,11-13,16H2,1-4H3. The second kappa shape index (κ2) is 10.2. The second-order valence-corrected chi connectivity index (χ2v) is 8.13. The van der Waals surface area contributed by atoms with Crippen molar-refractivity contribution >= 4 is 5.91 Å². The molecule has 0 aliphatic heterocycles. The van der Waals surface area contributed by atoms with Gasteiger partial charge in [0.05, 0.1) is 13.3 Å². The van der Waals surface area contributed by atoms with Gasteiger partial charge in [0.1, 0.15) is 0 Å². The molecule has 2 aromatic carbocycles. The van der Waals surface area contributed by atoms with E-state index >= 15 is 0 Å². The highest BCUT2D eigenvalue weighted by atomic mass is 19.1. The highest BCUT2D eigenvalue weighted by molar-refractivity contribution is 5.76. The van der Waals surface area contributed by atoms with E-state index in [0.717, 1.165) is 12.0 Å². The summed E-state index contributed by atoms with van der Waals surface area (Å²) in [5.74, 6) is 1.52. The van der Waals surface area contributed by atoms with Crippen LogP contribution < -0.4 is 4.74 Å². The van der Waals surface area contributed by atoms with Gasteiger partial charge in [0.2, 0.25) is 5.91 Å². The monoisotopic (exact) mass is 424 g/mol. The van der Waals surface area contributed by atoms with Crippen LogP contribution in [-0.2, 0) is 24.2 Å². The van der Waals surface area contributed by atoms with Crippen LogP contribution in [0.15, 0.2) is 53.1 Å². The molecule has 0 unspecified atom stereocenters. The maximum absolute atomic E-state index is 13.8. The molecule has 1 aromatic heterocycles. The number of carbonyl (C=O) groups is 1. The highest BCUT2D eigenvalue weighted by Crippen LogP contribution is 2.23. The summed E-state index contributed by atoms with van der Waals surface area (Å²) < 4.78 is 24.6. The average Bonchev–Trinajstić information content (AvgIpc) is 3.21. The summed E-state index contributed by atoms with van der Waals surface area (Å²) >= 11 is 0. The molecule has 3 rings (SSSR count). The number of benzene rings is 2. The lowest BCUT2D eigenvalue weighted by atomic mass is 10.0. The first-order valence-corrected chi connectivity index (χ1v) is 10.5. The van der Waals surface area contributed by atoms with Crippen LogP contribution in [0.25, 0.3) is 11.3 Å². The number of aromatic nitrogens is 1. The number of ether oxygens (including phenoxy) is 1. The van der Waals surface area contributed by atoms with E-state index in [2.05, 4.69) is 31.0 Å². The van der Waals surface area contributed by atoms with Crippen molar-refractivity contribution < 1.29 is 18.3 Å². The van der Waals surface area contributed by atoms with E-state index in [1.165, 1.54) is 18.7 Å². The number of amides is 1. The van der Waals surface area contributed by atoms with E-state index in [-0.39, 0.29) is 18.1 Å². The molecule has 3 aromatic rings. The van der Waals surface area contributed by atoms with E-state index in [9.17, 15) is 9.18 Å². The molecular formula is C25H29FN2O3. The number of carbonyl (C=O) groups excluding carboxylic acids is 1. The minimum absolute atomic E-state index is 0.0611. The summed E-state index contributed by atoms with van der Waals surface area (Å²) in [6.45, 7) is 4.72. The molecular weight excluding hydrogens is 395 g/mol. The van der Waals surface area contributed by atoms with Gasteiger partial charge in [0.25, 0.3) is 0 Å². The minimum atomic E-state index is -0.439. The number of rotatable bonds is 9. The Hall–Kier alpha value is -3.15. The van der Waals surface area contributed by atoms with E-state index in [1.54, 1.807) is 30.3 Å². The zero-order chi connectivity index (χ0) is 22.4. The molecule has 0 saturated carbocycles. The zero-order valence-electron chi connectivity index (χ0n) is 18.5. The van der Waals surface area contributed by atoms with Crippen LogP contribution in [0, 0.1) is 11.7 Å². The molecule has 0 bridgehead atoms. The Morgan fingerprint density at radius 2 is 1.87 bits per heavy atom. The summed E-state index contributed by atoms with van der Waals surface area (Å²) in [7, 11) is 3.12. The van der Waals surface area contributed by atoms with Gasteiger partial charge in [-0.15, -0.1) is 0 Å². The second-order valence-electron chi connectivity index (χ2n) is 8.13. The predicted molar refractivity (Wildman–Crippen MR) is 118 cm³/mol. The summed E-state index contributed by atoms with van der Waals surface area (Å²) in [6, 6.07) is 13.0. The first-order chi connectivity index (χ1) is 14.9. The Labute approximate surface area is 182 Å². The number of hydrogen-bond acceptors (Lipinski definition) is 4. The Balaban J connectivity index is 1.53. The number of oxazole rings is 1. The molecule has 6 heteroatoms. The van der Waals surface area contributed by atoms with E-state index in [4.69, 9.17) is 9.15 Å². The van der Waals surface area contributed by atoms with E-state index in [1.807, 2.05) is 12.1 Å². The lowest BCUT2D eigenvalue weighted by Crippen LogP contribution is -2.26. The number of nitrogens with zero attached hydrogens (tertiary/aromatic N) is 2. The molecule has 1 amide bonds. The fourth-order valence-corrected chi connectivity index (χ4v) is 3.41. The molecule has 0 spiro atoms. The van der Waals surface area contributed by atoms with Crippen LogP contribution in [0.4, 0.5) is 4.39 Å². The third-order valence-corrected chi connectivity index (χ3v) is 5.05. The Kier molecular flexibility index (Phi) is 7.45. The first kappa shape index (κ1) is 22.5. The van der Waals surface area contributed by atoms with Crippen molar-refractivity contribution in [1.29, 1.82) is 0 Å². The SMILES string of the molecule is COc1ccc(CN(C)C(=O)CCc2ncc(-c3ccc(CC(C)C)cc3)o2)cc1F. The molecule has 0 atom stereocenters. The Morgan fingerprint density at radius 3 is 2.52 bits per heavy atom. The van der Waals surface area contributed by atoms with Gasteiger partial charge in [0.15, 0.2) is 23.2 Å². The van der Waals surface area contributed by atoms with Gasteiger partial charge in [-0.25, -0.2) is 9.37 Å². The van der Waals surface area contributed by atoms with Crippen molar-refractivity contribution in [1.82, 2.24) is 9.88 Å². The zero-order valence-corrected chi connectivity index (χ0v) is 18.5. The molecule has 5 nitrogen and oxygen atoms in total. The predicted octanol–water partition coefficient (Wildman–Crippen LogP) is 5.28. The molecule has 0 aliphatic carbocycles. The number of halogens is 1. The molecule has 0 N–H and O–H groups in total. The van der Waals surface area contributed by atoms with Gasteiger partial charge in [-0.2, -0.15) is 0 Å². The summed E-state index contributed by atoms with van der Waals surface area (Å²) in [4.78, 5) is 18.3. The smallest absolute Gasteiger partial charge is 0.223 e. The van der Waals surface area contributed by atoms with Crippen LogP contribution >= 0.6 is 0 Å². The average molecular weight is 425 g/mol. The molecule has 31 heavy (non-hydrogen) atoms. The van der Waals surface area contributed by atoms with Crippen LogP contribution in [0.3, 0.4) is 0 Å². The summed E-state index contributed by atoms with van der Waals surface area (Å²) in [5.41, 5.74) is 2.97. The van der Waals surface area contributed by atoms with Crippen LogP contribution in [0.1, 0.15) is 37.3 Å². The van der Waals surface area contributed by atoms with Crippen molar-refractivity contribution in [3.63, 3.8) is 0 Å². The Morgan fingerprint density at radius 1 is 1.16 bits per heavy atom. The molecule has 0 fully saturated rings. The van der Waals surface area contributed by atoms with Gasteiger partial charge in [-0.3, -0.25) is 4.79 Å². The van der Waals surface area contributed by atoms with Gasteiger partial charge < -0.3 is 14.1 Å². The first-order valence-electron chi connectivity index (χ1n) is 10.5. The quantitative estimate of drug-likeness (QED) is 0.469. The topological polar surface area (TPSA) is 55.6 Å². The van der Waals surface area contributed by atoms with Gasteiger partial charge in [-0.1, -0.05) is 44.2 Å². The molecule has 0 radical (unpaired) electrons. The fraction of sp³-hybridized carbons (Fsp3) is 0.360. The van der Waals surface area contributed by atoms with E-state index in [0.29, 0.717) is 36.1 Å². The lowest BCUT2D eigenvalue weighted by Gasteiger charge is -2.17. The maximum atomic E-state index is 13.8. The van der Waals surface area contributed by atoms with Gasteiger partial charge in [-0.05, 0) is 35.6 Å². The van der Waals surface area contributed by atoms with Gasteiger partial charge >= 0.3 is 0 Å². The largest absolute Gasteiger partial charge is 0.494 e. The number of methoxy groups -OCH3 is 1. The van der Waals surface area contributed by atoms with Crippen LogP contribution in [-0.4, -0.2) is 29.9 Å². The fourth-order valence-electron chi connectivity index (χ4n) is 3.41. The third kappa shape index (κ3) is 6.17. The lowest BCUT2D eigenvalue weighted by molar-refractivity contribution is -0.130. The Bertz CT molecular complexity index is 1010. The van der Waals surface area contributed by atoms with Crippen LogP contribution in [0.2, 0.25) is 0 Å². The van der Waals surface area contributed by atoms with Gasteiger partial charge in [0, 0.05) is 32.0 Å². The van der Waals surface area contributed by atoms with Crippen molar-refractivity contribution in [3.05, 3.63) is 71.5 Å². The maximum Gasteiger partial charge on any atom is 0.223 e.